The van der Waals surface area contributed by atoms with Gasteiger partial charge in [0.25, 0.3) is 0 Å². The summed E-state index contributed by atoms with van der Waals surface area (Å²) in [5, 5.41) is 17.1. The van der Waals surface area contributed by atoms with Crippen LogP contribution < -0.4 is 10.6 Å². The molecule has 2 N–H and O–H groups in total. The molecule has 1 aromatic carbocycles. The van der Waals surface area contributed by atoms with Crippen LogP contribution in [0.1, 0.15) is 42.4 Å². The number of carboxylic acid groups (broad SMARTS) is 1. The summed E-state index contributed by atoms with van der Waals surface area (Å²) in [4.78, 5) is 11.0. The van der Waals surface area contributed by atoms with Crippen LogP contribution in [-0.2, 0) is 6.42 Å². The number of aryl methyl sites for hydroxylation is 3. The largest absolute Gasteiger partial charge is 0.465 e. The number of hydrogen-bond acceptors (Lipinski definition) is 1. The average molecular weight is 310 g/mol. The van der Waals surface area contributed by atoms with E-state index in [1.165, 1.54) is 5.56 Å². The Morgan fingerprint density at radius 1 is 1.38 bits per heavy atom. The minimum Gasteiger partial charge on any atom is -0.465 e. The van der Waals surface area contributed by atoms with Gasteiger partial charge >= 0.3 is 6.09 Å². The summed E-state index contributed by atoms with van der Waals surface area (Å²) in [6.45, 7) is 4.73. The van der Waals surface area contributed by atoms with E-state index in [-0.39, 0.29) is 0 Å². The molecule has 1 amide bonds. The van der Waals surface area contributed by atoms with E-state index in [0.717, 1.165) is 48.4 Å². The van der Waals surface area contributed by atoms with Crippen molar-refractivity contribution in [1.29, 1.82) is 0 Å². The highest BCUT2D eigenvalue weighted by atomic mass is 35.5. The van der Waals surface area contributed by atoms with Crippen LogP contribution in [0, 0.1) is 13.8 Å². The van der Waals surface area contributed by atoms with Gasteiger partial charge in [0.2, 0.25) is 0 Å². The molecular formula is C16H22ClN2O2. The maximum absolute atomic E-state index is 11.0. The Bertz CT molecular complexity index is 502. The number of carbonyl (C=O) groups is 1. The van der Waals surface area contributed by atoms with Crippen molar-refractivity contribution in [3.05, 3.63) is 33.8 Å². The molecule has 1 saturated heterocycles. The number of hydrogen-bond donors (Lipinski definition) is 2. The summed E-state index contributed by atoms with van der Waals surface area (Å²) in [7, 11) is 0. The zero-order chi connectivity index (χ0) is 15.5. The quantitative estimate of drug-likeness (QED) is 0.892. The third-order valence-electron chi connectivity index (χ3n) is 4.08. The standard InChI is InChI=1S/C16H22ClN2O2/c1-11-9-13(10-12(2)14(11)17)5-7-16(19-15(20)21)6-3-4-8-18-16/h9-10,19H,3-8H2,1-2H3,(H,20,21). The fourth-order valence-corrected chi connectivity index (χ4v) is 3.11. The monoisotopic (exact) mass is 309 g/mol. The maximum atomic E-state index is 11.0. The van der Waals surface area contributed by atoms with Gasteiger partial charge in [-0.1, -0.05) is 23.7 Å². The fourth-order valence-electron chi connectivity index (χ4n) is 3.00. The molecule has 1 aromatic rings. The smallest absolute Gasteiger partial charge is 0.406 e. The molecule has 1 heterocycles. The fraction of sp³-hybridized carbons (Fsp3) is 0.562. The van der Waals surface area contributed by atoms with Crippen molar-refractivity contribution in [2.75, 3.05) is 6.54 Å². The van der Waals surface area contributed by atoms with Gasteiger partial charge in [-0.2, -0.15) is 0 Å². The molecule has 1 aliphatic heterocycles. The molecule has 5 heteroatoms. The molecule has 1 aliphatic rings. The van der Waals surface area contributed by atoms with Crippen LogP contribution in [0.4, 0.5) is 4.79 Å². The van der Waals surface area contributed by atoms with Crippen molar-refractivity contribution in [3.63, 3.8) is 0 Å². The molecule has 1 radical (unpaired) electrons. The molecule has 4 nitrogen and oxygen atoms in total. The molecule has 1 unspecified atom stereocenters. The Labute approximate surface area is 130 Å². The predicted molar refractivity (Wildman–Crippen MR) is 84.0 cm³/mol. The summed E-state index contributed by atoms with van der Waals surface area (Å²) in [6, 6.07) is 4.15. The second kappa shape index (κ2) is 6.67. The molecule has 1 fully saturated rings. The molecule has 115 valence electrons. The lowest BCUT2D eigenvalue weighted by Crippen LogP contribution is -2.57. The zero-order valence-corrected chi connectivity index (χ0v) is 13.3. The van der Waals surface area contributed by atoms with E-state index in [1.54, 1.807) is 0 Å². The minimum absolute atomic E-state index is 0.620. The highest BCUT2D eigenvalue weighted by molar-refractivity contribution is 6.32. The molecule has 0 aromatic heterocycles. The average Bonchev–Trinajstić information content (AvgIpc) is 2.43. The highest BCUT2D eigenvalue weighted by Crippen LogP contribution is 2.26. The number of amides is 1. The lowest BCUT2D eigenvalue weighted by atomic mass is 9.90. The summed E-state index contributed by atoms with van der Waals surface area (Å²) in [5.74, 6) is 0. The van der Waals surface area contributed by atoms with Crippen LogP contribution in [0.2, 0.25) is 5.02 Å². The van der Waals surface area contributed by atoms with Crippen molar-refractivity contribution in [2.24, 2.45) is 0 Å². The molecule has 21 heavy (non-hydrogen) atoms. The Morgan fingerprint density at radius 2 is 2.05 bits per heavy atom. The molecule has 0 spiro atoms. The Kier molecular flexibility index (Phi) is 5.12. The van der Waals surface area contributed by atoms with Gasteiger partial charge in [0.15, 0.2) is 0 Å². The highest BCUT2D eigenvalue weighted by Gasteiger charge is 2.34. The Morgan fingerprint density at radius 3 is 2.57 bits per heavy atom. The van der Waals surface area contributed by atoms with Crippen LogP contribution in [0.15, 0.2) is 12.1 Å². The number of nitrogens with zero attached hydrogens (tertiary/aromatic N) is 1. The number of rotatable bonds is 4. The van der Waals surface area contributed by atoms with Crippen molar-refractivity contribution in [3.8, 4) is 0 Å². The number of halogens is 1. The number of benzene rings is 1. The van der Waals surface area contributed by atoms with Gasteiger partial charge in [-0.15, -0.1) is 0 Å². The number of nitrogens with one attached hydrogen (secondary N) is 1. The molecule has 0 saturated carbocycles. The van der Waals surface area contributed by atoms with Crippen LogP contribution in [0.5, 0.6) is 0 Å². The van der Waals surface area contributed by atoms with Crippen LogP contribution in [0.25, 0.3) is 0 Å². The normalized spacial score (nSPS) is 22.0. The van der Waals surface area contributed by atoms with Crippen molar-refractivity contribution in [2.45, 2.75) is 51.6 Å². The summed E-state index contributed by atoms with van der Waals surface area (Å²) >= 11 is 6.19. The van der Waals surface area contributed by atoms with Gasteiger partial charge in [0.1, 0.15) is 5.66 Å². The third-order valence-corrected chi connectivity index (χ3v) is 4.67. The van der Waals surface area contributed by atoms with Gasteiger partial charge in [0.05, 0.1) is 0 Å². The van der Waals surface area contributed by atoms with E-state index < -0.39 is 11.8 Å². The first-order chi connectivity index (χ1) is 9.92. The van der Waals surface area contributed by atoms with Gasteiger partial charge in [-0.25, -0.2) is 10.1 Å². The summed E-state index contributed by atoms with van der Waals surface area (Å²) in [5.41, 5.74) is 2.69. The first-order valence-electron chi connectivity index (χ1n) is 7.37. The molecule has 1 atom stereocenters. The summed E-state index contributed by atoms with van der Waals surface area (Å²) in [6.07, 6.45) is 3.34. The molecule has 2 rings (SSSR count). The lowest BCUT2D eigenvalue weighted by Gasteiger charge is -2.36. The van der Waals surface area contributed by atoms with Gasteiger partial charge < -0.3 is 10.4 Å². The van der Waals surface area contributed by atoms with Crippen molar-refractivity contribution < 1.29 is 9.90 Å². The predicted octanol–water partition coefficient (Wildman–Crippen LogP) is 3.64. The SMILES string of the molecule is Cc1cc(CCC2(NC(=O)O)CCCC[N]2)cc(C)c1Cl. The second-order valence-corrected chi connectivity index (χ2v) is 6.22. The van der Waals surface area contributed by atoms with Crippen molar-refractivity contribution >= 4 is 17.7 Å². The molecular weight excluding hydrogens is 288 g/mol. The van der Waals surface area contributed by atoms with Crippen LogP contribution >= 0.6 is 11.6 Å². The van der Waals surface area contributed by atoms with E-state index in [2.05, 4.69) is 22.8 Å². The van der Waals surface area contributed by atoms with Crippen LogP contribution in [-0.4, -0.2) is 23.4 Å². The van der Waals surface area contributed by atoms with E-state index in [4.69, 9.17) is 16.7 Å². The Hall–Kier alpha value is -1.26. The van der Waals surface area contributed by atoms with E-state index in [0.29, 0.717) is 6.42 Å². The number of piperidine rings is 1. The molecule has 0 aliphatic carbocycles. The van der Waals surface area contributed by atoms with Gasteiger partial charge in [0, 0.05) is 11.6 Å². The zero-order valence-electron chi connectivity index (χ0n) is 12.6. The second-order valence-electron chi connectivity index (χ2n) is 5.84. The first-order valence-corrected chi connectivity index (χ1v) is 7.75. The van der Waals surface area contributed by atoms with E-state index >= 15 is 0 Å². The molecule has 0 bridgehead atoms. The third kappa shape index (κ3) is 4.11. The Balaban J connectivity index is 2.09. The summed E-state index contributed by atoms with van der Waals surface area (Å²) < 4.78 is 0. The minimum atomic E-state index is -0.996. The van der Waals surface area contributed by atoms with Crippen LogP contribution in [0.3, 0.4) is 0 Å². The first kappa shape index (κ1) is 16.1. The topological polar surface area (TPSA) is 63.4 Å². The van der Waals surface area contributed by atoms with Gasteiger partial charge in [-0.05, 0) is 62.6 Å². The lowest BCUT2D eigenvalue weighted by molar-refractivity contribution is 0.143. The van der Waals surface area contributed by atoms with E-state index in [9.17, 15) is 4.79 Å². The van der Waals surface area contributed by atoms with Gasteiger partial charge in [-0.3, -0.25) is 0 Å². The maximum Gasteiger partial charge on any atom is 0.406 e. The van der Waals surface area contributed by atoms with E-state index in [1.807, 2.05) is 13.8 Å². The van der Waals surface area contributed by atoms with Crippen molar-refractivity contribution in [1.82, 2.24) is 10.6 Å².